The molecule has 1 aromatic heterocycles. The highest BCUT2D eigenvalue weighted by Crippen LogP contribution is 2.32. The fourth-order valence-electron chi connectivity index (χ4n) is 2.58. The standard InChI is InChI=1S/C15H21N5O/c1-10(16-2)8-13-18-15(21-20-13)12-9-17-19-14(12)11-6-4-3-5-7-11/h3-7,10,12,14,16-17,19H,8-9H2,1-2H3. The second kappa shape index (κ2) is 6.34. The third-order valence-corrected chi connectivity index (χ3v) is 3.92. The van der Waals surface area contributed by atoms with E-state index in [1.165, 1.54) is 5.56 Å². The molecule has 0 radical (unpaired) electrons. The number of nitrogens with zero attached hydrogens (tertiary/aromatic N) is 2. The highest BCUT2D eigenvalue weighted by atomic mass is 16.5. The van der Waals surface area contributed by atoms with Crippen molar-refractivity contribution < 1.29 is 4.52 Å². The minimum atomic E-state index is 0.151. The molecule has 0 bridgehead atoms. The third-order valence-electron chi connectivity index (χ3n) is 3.92. The van der Waals surface area contributed by atoms with Crippen LogP contribution >= 0.6 is 0 Å². The van der Waals surface area contributed by atoms with Crippen LogP contribution in [0.25, 0.3) is 0 Å². The minimum Gasteiger partial charge on any atom is -0.339 e. The Bertz CT molecular complexity index is 570. The van der Waals surface area contributed by atoms with Crippen molar-refractivity contribution in [2.45, 2.75) is 31.3 Å². The molecule has 0 spiro atoms. The largest absolute Gasteiger partial charge is 0.339 e. The first-order valence-corrected chi connectivity index (χ1v) is 7.31. The third kappa shape index (κ3) is 3.12. The van der Waals surface area contributed by atoms with Crippen LogP contribution < -0.4 is 16.2 Å². The van der Waals surface area contributed by atoms with Crippen LogP contribution in [0, 0.1) is 0 Å². The van der Waals surface area contributed by atoms with Crippen molar-refractivity contribution in [3.63, 3.8) is 0 Å². The predicted molar refractivity (Wildman–Crippen MR) is 79.6 cm³/mol. The second-order valence-corrected chi connectivity index (χ2v) is 5.46. The zero-order valence-electron chi connectivity index (χ0n) is 12.3. The first kappa shape index (κ1) is 14.2. The molecule has 0 saturated carbocycles. The predicted octanol–water partition coefficient (Wildman–Crippen LogP) is 1.15. The molecule has 0 aliphatic carbocycles. The molecule has 21 heavy (non-hydrogen) atoms. The van der Waals surface area contributed by atoms with E-state index in [1.807, 2.05) is 25.2 Å². The molecule has 6 nitrogen and oxygen atoms in total. The number of benzene rings is 1. The molecule has 1 aromatic carbocycles. The van der Waals surface area contributed by atoms with E-state index in [2.05, 4.69) is 45.4 Å². The van der Waals surface area contributed by atoms with Crippen LogP contribution in [0.15, 0.2) is 34.9 Å². The van der Waals surface area contributed by atoms with Crippen LogP contribution in [0.2, 0.25) is 0 Å². The van der Waals surface area contributed by atoms with Crippen LogP contribution in [0.4, 0.5) is 0 Å². The average molecular weight is 287 g/mol. The molecule has 0 amide bonds. The zero-order chi connectivity index (χ0) is 14.7. The van der Waals surface area contributed by atoms with E-state index in [1.54, 1.807) is 0 Å². The summed E-state index contributed by atoms with van der Waals surface area (Å²) in [5.41, 5.74) is 7.70. The molecule has 1 aliphatic rings. The van der Waals surface area contributed by atoms with Gasteiger partial charge in [0, 0.05) is 19.0 Å². The molecule has 2 heterocycles. The molecule has 1 aliphatic heterocycles. The lowest BCUT2D eigenvalue weighted by atomic mass is 9.95. The van der Waals surface area contributed by atoms with Crippen LogP contribution in [-0.2, 0) is 6.42 Å². The Labute approximate surface area is 124 Å². The number of hydrogen-bond acceptors (Lipinski definition) is 6. The summed E-state index contributed by atoms with van der Waals surface area (Å²) in [6, 6.07) is 10.8. The van der Waals surface area contributed by atoms with E-state index in [4.69, 9.17) is 4.52 Å². The van der Waals surface area contributed by atoms with Gasteiger partial charge >= 0.3 is 0 Å². The van der Waals surface area contributed by atoms with Gasteiger partial charge in [-0.2, -0.15) is 4.98 Å². The summed E-state index contributed by atoms with van der Waals surface area (Å²) in [6.07, 6.45) is 0.767. The molecule has 1 saturated heterocycles. The average Bonchev–Trinajstić information content (AvgIpc) is 3.16. The molecule has 3 unspecified atom stereocenters. The van der Waals surface area contributed by atoms with Gasteiger partial charge in [0.1, 0.15) is 0 Å². The molecule has 3 N–H and O–H groups in total. The lowest BCUT2D eigenvalue weighted by Crippen LogP contribution is -2.24. The Balaban J connectivity index is 1.76. The number of rotatable bonds is 5. The molecule has 6 heteroatoms. The molecule has 112 valence electrons. The van der Waals surface area contributed by atoms with Crippen molar-refractivity contribution in [3.8, 4) is 0 Å². The van der Waals surface area contributed by atoms with E-state index < -0.39 is 0 Å². The van der Waals surface area contributed by atoms with Gasteiger partial charge in [0.15, 0.2) is 5.82 Å². The van der Waals surface area contributed by atoms with Crippen LogP contribution in [0.3, 0.4) is 0 Å². The SMILES string of the molecule is CNC(C)Cc1noc(C2CNNC2c2ccccc2)n1. The van der Waals surface area contributed by atoms with Gasteiger partial charge in [-0.15, -0.1) is 0 Å². The summed E-state index contributed by atoms with van der Waals surface area (Å²) in [4.78, 5) is 4.56. The minimum absolute atomic E-state index is 0.151. The van der Waals surface area contributed by atoms with Gasteiger partial charge in [-0.05, 0) is 19.5 Å². The number of aromatic nitrogens is 2. The second-order valence-electron chi connectivity index (χ2n) is 5.46. The highest BCUT2D eigenvalue weighted by molar-refractivity contribution is 5.23. The molecule has 3 atom stereocenters. The molecule has 3 rings (SSSR count). The van der Waals surface area contributed by atoms with Crippen molar-refractivity contribution in [3.05, 3.63) is 47.6 Å². The molecule has 1 fully saturated rings. The van der Waals surface area contributed by atoms with Crippen molar-refractivity contribution >= 4 is 0 Å². The van der Waals surface area contributed by atoms with Gasteiger partial charge in [0.05, 0.1) is 12.0 Å². The Kier molecular flexibility index (Phi) is 4.28. The van der Waals surface area contributed by atoms with Crippen LogP contribution in [0.1, 0.15) is 36.2 Å². The number of hydrazine groups is 1. The van der Waals surface area contributed by atoms with E-state index in [9.17, 15) is 0 Å². The summed E-state index contributed by atoms with van der Waals surface area (Å²) in [6.45, 7) is 2.88. The van der Waals surface area contributed by atoms with Gasteiger partial charge in [0.25, 0.3) is 0 Å². The van der Waals surface area contributed by atoms with Crippen molar-refractivity contribution in [1.29, 1.82) is 0 Å². The summed E-state index contributed by atoms with van der Waals surface area (Å²) >= 11 is 0. The maximum atomic E-state index is 5.48. The smallest absolute Gasteiger partial charge is 0.233 e. The van der Waals surface area contributed by atoms with E-state index in [0.29, 0.717) is 11.9 Å². The maximum Gasteiger partial charge on any atom is 0.233 e. The summed E-state index contributed by atoms with van der Waals surface area (Å²) < 4.78 is 5.48. The molecular weight excluding hydrogens is 266 g/mol. The Morgan fingerprint density at radius 2 is 2.19 bits per heavy atom. The first-order valence-electron chi connectivity index (χ1n) is 7.31. The monoisotopic (exact) mass is 287 g/mol. The summed E-state index contributed by atoms with van der Waals surface area (Å²) in [5.74, 6) is 1.60. The Morgan fingerprint density at radius 3 is 2.95 bits per heavy atom. The van der Waals surface area contributed by atoms with Crippen LogP contribution in [0.5, 0.6) is 0 Å². The fraction of sp³-hybridized carbons (Fsp3) is 0.467. The van der Waals surface area contributed by atoms with Crippen molar-refractivity contribution in [1.82, 2.24) is 26.3 Å². The lowest BCUT2D eigenvalue weighted by molar-refractivity contribution is 0.342. The van der Waals surface area contributed by atoms with E-state index in [0.717, 1.165) is 18.8 Å². The summed E-state index contributed by atoms with van der Waals surface area (Å²) in [7, 11) is 1.93. The highest BCUT2D eigenvalue weighted by Gasteiger charge is 2.33. The topological polar surface area (TPSA) is 75.0 Å². The van der Waals surface area contributed by atoms with E-state index >= 15 is 0 Å². The van der Waals surface area contributed by atoms with Gasteiger partial charge in [-0.25, -0.2) is 5.43 Å². The maximum absolute atomic E-state index is 5.48. The quantitative estimate of drug-likeness (QED) is 0.766. The first-order chi connectivity index (χ1) is 10.3. The number of hydrogen-bond donors (Lipinski definition) is 3. The summed E-state index contributed by atoms with van der Waals surface area (Å²) in [5, 5.41) is 7.28. The Morgan fingerprint density at radius 1 is 1.38 bits per heavy atom. The number of likely N-dealkylation sites (N-methyl/N-ethyl adjacent to an activating group) is 1. The van der Waals surface area contributed by atoms with Gasteiger partial charge in [0.2, 0.25) is 5.89 Å². The van der Waals surface area contributed by atoms with Crippen molar-refractivity contribution in [2.75, 3.05) is 13.6 Å². The fourth-order valence-corrected chi connectivity index (χ4v) is 2.58. The van der Waals surface area contributed by atoms with E-state index in [-0.39, 0.29) is 12.0 Å². The molecular formula is C15H21N5O. The van der Waals surface area contributed by atoms with Gasteiger partial charge < -0.3 is 9.84 Å². The Hall–Kier alpha value is -1.76. The normalized spacial score (nSPS) is 23.3. The van der Waals surface area contributed by atoms with Crippen molar-refractivity contribution in [2.24, 2.45) is 0 Å². The zero-order valence-corrected chi connectivity index (χ0v) is 12.3. The van der Waals surface area contributed by atoms with Crippen LogP contribution in [-0.4, -0.2) is 29.8 Å². The van der Waals surface area contributed by atoms with Gasteiger partial charge in [-0.3, -0.25) is 5.43 Å². The lowest BCUT2D eigenvalue weighted by Gasteiger charge is -2.15. The molecule has 2 aromatic rings. The number of nitrogens with one attached hydrogen (secondary N) is 3. The van der Waals surface area contributed by atoms with Gasteiger partial charge in [-0.1, -0.05) is 35.5 Å².